The Hall–Kier alpha value is -2.56. The van der Waals surface area contributed by atoms with Gasteiger partial charge in [-0.3, -0.25) is 4.79 Å². The van der Waals surface area contributed by atoms with Gasteiger partial charge in [-0.15, -0.1) is 0 Å². The van der Waals surface area contributed by atoms with E-state index in [1.165, 1.54) is 10.9 Å². The summed E-state index contributed by atoms with van der Waals surface area (Å²) in [5, 5.41) is 4.44. The van der Waals surface area contributed by atoms with E-state index in [0.29, 0.717) is 19.0 Å². The molecule has 0 bridgehead atoms. The number of carbonyl (C=O) groups is 1. The summed E-state index contributed by atoms with van der Waals surface area (Å²) in [5.41, 5.74) is 1.18. The first-order valence-corrected chi connectivity index (χ1v) is 8.62. The number of hydrogen-bond acceptors (Lipinski definition) is 2. The molecular weight excluding hydrogens is 300 g/mol. The van der Waals surface area contributed by atoms with Crippen LogP contribution in [0.3, 0.4) is 0 Å². The van der Waals surface area contributed by atoms with Crippen molar-refractivity contribution < 1.29 is 4.79 Å². The lowest BCUT2D eigenvalue weighted by Crippen LogP contribution is -2.38. The SMILES string of the molecule is O=C(CCn1ccc2ccccc21)N[C@@H]1CCC[C@H]1n1ccnc1. The third-order valence-corrected chi connectivity index (χ3v) is 4.99. The first-order chi connectivity index (χ1) is 11.8. The Labute approximate surface area is 141 Å². The zero-order valence-corrected chi connectivity index (χ0v) is 13.6. The zero-order chi connectivity index (χ0) is 16.4. The summed E-state index contributed by atoms with van der Waals surface area (Å²) in [6.07, 6.45) is 11.5. The van der Waals surface area contributed by atoms with E-state index >= 15 is 0 Å². The number of rotatable bonds is 5. The lowest BCUT2D eigenvalue weighted by molar-refractivity contribution is -0.122. The van der Waals surface area contributed by atoms with Gasteiger partial charge in [0.2, 0.25) is 5.91 Å². The molecule has 1 saturated carbocycles. The molecular formula is C19H22N4O. The first-order valence-electron chi connectivity index (χ1n) is 8.62. The minimum Gasteiger partial charge on any atom is -0.351 e. The second-order valence-electron chi connectivity index (χ2n) is 6.50. The number of nitrogens with one attached hydrogen (secondary N) is 1. The average molecular weight is 322 g/mol. The van der Waals surface area contributed by atoms with Crippen molar-refractivity contribution in [3.8, 4) is 0 Å². The van der Waals surface area contributed by atoms with E-state index < -0.39 is 0 Å². The van der Waals surface area contributed by atoms with Gasteiger partial charge in [0.15, 0.2) is 0 Å². The van der Waals surface area contributed by atoms with Gasteiger partial charge in [-0.25, -0.2) is 4.98 Å². The summed E-state index contributed by atoms with van der Waals surface area (Å²) in [4.78, 5) is 16.5. The number of benzene rings is 1. The van der Waals surface area contributed by atoms with Crippen LogP contribution in [0.25, 0.3) is 10.9 Å². The molecule has 2 atom stereocenters. The summed E-state index contributed by atoms with van der Waals surface area (Å²) < 4.78 is 4.27. The largest absolute Gasteiger partial charge is 0.351 e. The maximum atomic E-state index is 12.4. The second-order valence-corrected chi connectivity index (χ2v) is 6.50. The molecule has 24 heavy (non-hydrogen) atoms. The molecule has 0 radical (unpaired) electrons. The van der Waals surface area contributed by atoms with E-state index in [-0.39, 0.29) is 11.9 Å². The molecule has 5 heteroatoms. The first kappa shape index (κ1) is 15.0. The van der Waals surface area contributed by atoms with Crippen molar-refractivity contribution in [3.63, 3.8) is 0 Å². The highest BCUT2D eigenvalue weighted by molar-refractivity contribution is 5.80. The molecule has 0 spiro atoms. The maximum Gasteiger partial charge on any atom is 0.222 e. The fourth-order valence-electron chi connectivity index (χ4n) is 3.77. The number of amides is 1. The van der Waals surface area contributed by atoms with Crippen molar-refractivity contribution >= 4 is 16.8 Å². The van der Waals surface area contributed by atoms with Gasteiger partial charge in [-0.2, -0.15) is 0 Å². The molecule has 0 unspecified atom stereocenters. The highest BCUT2D eigenvalue weighted by Crippen LogP contribution is 2.30. The molecule has 3 aromatic rings. The van der Waals surface area contributed by atoms with Crippen molar-refractivity contribution in [1.82, 2.24) is 19.4 Å². The van der Waals surface area contributed by atoms with Crippen molar-refractivity contribution in [2.24, 2.45) is 0 Å². The minimum atomic E-state index is 0.129. The highest BCUT2D eigenvalue weighted by atomic mass is 16.1. The maximum absolute atomic E-state index is 12.4. The average Bonchev–Trinajstić information content (AvgIpc) is 3.33. The Morgan fingerprint density at radius 1 is 1.21 bits per heavy atom. The number of aryl methyl sites for hydroxylation is 1. The molecule has 1 aromatic carbocycles. The van der Waals surface area contributed by atoms with Crippen LogP contribution in [0.1, 0.15) is 31.7 Å². The Bertz CT molecular complexity index is 821. The molecule has 124 valence electrons. The monoisotopic (exact) mass is 322 g/mol. The highest BCUT2D eigenvalue weighted by Gasteiger charge is 2.29. The number of fused-ring (bicyclic) bond motifs is 1. The number of nitrogens with zero attached hydrogens (tertiary/aromatic N) is 3. The predicted octanol–water partition coefficient (Wildman–Crippen LogP) is 3.14. The summed E-state index contributed by atoms with van der Waals surface area (Å²) in [5.74, 6) is 0.129. The second kappa shape index (κ2) is 6.51. The van der Waals surface area contributed by atoms with Crippen LogP contribution in [0.15, 0.2) is 55.2 Å². The van der Waals surface area contributed by atoms with Crippen LogP contribution < -0.4 is 5.32 Å². The van der Waals surface area contributed by atoms with Crippen LogP contribution >= 0.6 is 0 Å². The molecule has 4 rings (SSSR count). The number of aromatic nitrogens is 3. The third-order valence-electron chi connectivity index (χ3n) is 4.99. The van der Waals surface area contributed by atoms with E-state index in [9.17, 15) is 4.79 Å². The summed E-state index contributed by atoms with van der Waals surface area (Å²) >= 11 is 0. The van der Waals surface area contributed by atoms with Crippen molar-refractivity contribution in [1.29, 1.82) is 0 Å². The van der Waals surface area contributed by atoms with Gasteiger partial charge in [-0.05, 0) is 36.8 Å². The van der Waals surface area contributed by atoms with Gasteiger partial charge in [0.05, 0.1) is 12.4 Å². The number of hydrogen-bond donors (Lipinski definition) is 1. The molecule has 2 heterocycles. The Morgan fingerprint density at radius 2 is 2.12 bits per heavy atom. The third kappa shape index (κ3) is 2.94. The van der Waals surface area contributed by atoms with Gasteiger partial charge < -0.3 is 14.5 Å². The van der Waals surface area contributed by atoms with Crippen LogP contribution in [0.2, 0.25) is 0 Å². The van der Waals surface area contributed by atoms with Crippen molar-refractivity contribution in [2.45, 2.75) is 44.3 Å². The zero-order valence-electron chi connectivity index (χ0n) is 13.6. The van der Waals surface area contributed by atoms with Gasteiger partial charge in [0.1, 0.15) is 0 Å². The van der Waals surface area contributed by atoms with E-state index in [1.807, 2.05) is 24.7 Å². The molecule has 1 aliphatic rings. The normalized spacial score (nSPS) is 20.5. The van der Waals surface area contributed by atoms with E-state index in [4.69, 9.17) is 0 Å². The Morgan fingerprint density at radius 3 is 3.00 bits per heavy atom. The van der Waals surface area contributed by atoms with Crippen molar-refractivity contribution in [2.75, 3.05) is 0 Å². The molecule has 1 amide bonds. The van der Waals surface area contributed by atoms with Crippen LogP contribution in [0, 0.1) is 0 Å². The van der Waals surface area contributed by atoms with E-state index in [1.54, 1.807) is 6.20 Å². The van der Waals surface area contributed by atoms with Crippen LogP contribution in [0.5, 0.6) is 0 Å². The van der Waals surface area contributed by atoms with Crippen molar-refractivity contribution in [3.05, 3.63) is 55.2 Å². The quantitative estimate of drug-likeness (QED) is 0.784. The van der Waals surface area contributed by atoms with Crippen LogP contribution in [-0.2, 0) is 11.3 Å². The van der Waals surface area contributed by atoms with Gasteiger partial charge in [-0.1, -0.05) is 18.2 Å². The predicted molar refractivity (Wildman–Crippen MR) is 93.6 cm³/mol. The molecule has 1 aliphatic carbocycles. The van der Waals surface area contributed by atoms with E-state index in [2.05, 4.69) is 43.8 Å². The van der Waals surface area contributed by atoms with E-state index in [0.717, 1.165) is 19.3 Å². The van der Waals surface area contributed by atoms with Crippen LogP contribution in [0.4, 0.5) is 0 Å². The lowest BCUT2D eigenvalue weighted by atomic mass is 10.1. The molecule has 1 fully saturated rings. The Balaban J connectivity index is 1.36. The van der Waals surface area contributed by atoms with Gasteiger partial charge in [0.25, 0.3) is 0 Å². The molecule has 0 aliphatic heterocycles. The number of imidazole rings is 1. The fraction of sp³-hybridized carbons (Fsp3) is 0.368. The number of para-hydroxylation sites is 1. The smallest absolute Gasteiger partial charge is 0.222 e. The molecule has 0 saturated heterocycles. The van der Waals surface area contributed by atoms with Crippen LogP contribution in [-0.4, -0.2) is 26.1 Å². The summed E-state index contributed by atoms with van der Waals surface area (Å²) in [7, 11) is 0. The molecule has 2 aromatic heterocycles. The number of carbonyl (C=O) groups excluding carboxylic acids is 1. The minimum absolute atomic E-state index is 0.129. The van der Waals surface area contributed by atoms with Gasteiger partial charge in [0, 0.05) is 43.1 Å². The topological polar surface area (TPSA) is 51.9 Å². The Kier molecular flexibility index (Phi) is 4.07. The van der Waals surface area contributed by atoms with Gasteiger partial charge >= 0.3 is 0 Å². The molecule has 5 nitrogen and oxygen atoms in total. The summed E-state index contributed by atoms with van der Waals surface area (Å²) in [6, 6.07) is 10.9. The summed E-state index contributed by atoms with van der Waals surface area (Å²) in [6.45, 7) is 0.710. The molecule has 1 N–H and O–H groups in total. The standard InChI is InChI=1S/C19H22N4O/c24-19(9-12-22-11-8-15-4-1-2-6-17(15)22)21-16-5-3-7-18(16)23-13-10-20-14-23/h1-2,4,6,8,10-11,13-14,16,18H,3,5,7,9,12H2,(H,21,24)/t16-,18-/m1/s1. The fourth-order valence-corrected chi connectivity index (χ4v) is 3.77. The lowest BCUT2D eigenvalue weighted by Gasteiger charge is -2.22.